The molecular weight excluding hydrogens is 231 g/mol. The minimum Gasteiger partial charge on any atom is -0.322 e. The minimum absolute atomic E-state index is 0. The Bertz CT molecular complexity index is 418. The van der Waals surface area contributed by atoms with Crippen LogP contribution in [0.2, 0.25) is 0 Å². The highest BCUT2D eigenvalue weighted by molar-refractivity contribution is 6.00. The van der Waals surface area contributed by atoms with Crippen molar-refractivity contribution >= 4 is 24.0 Å². The molecule has 88 valence electrons. The van der Waals surface area contributed by atoms with Crippen molar-refractivity contribution < 1.29 is 9.18 Å². The number of benzene rings is 1. The number of nitrogens with two attached hydrogens (primary N) is 1. The molecule has 1 fully saturated rings. The lowest BCUT2D eigenvalue weighted by molar-refractivity contribution is -0.118. The second-order valence-corrected chi connectivity index (χ2v) is 4.09. The lowest BCUT2D eigenvalue weighted by atomic mass is 10.2. The van der Waals surface area contributed by atoms with E-state index in [1.807, 2.05) is 6.92 Å². The van der Waals surface area contributed by atoms with Crippen LogP contribution in [0.4, 0.5) is 10.1 Å². The van der Waals surface area contributed by atoms with Gasteiger partial charge in [-0.25, -0.2) is 4.39 Å². The number of amides is 1. The Kier molecular flexibility index (Phi) is 3.55. The fourth-order valence-corrected chi connectivity index (χ4v) is 1.34. The summed E-state index contributed by atoms with van der Waals surface area (Å²) >= 11 is 0. The van der Waals surface area contributed by atoms with Crippen molar-refractivity contribution in [3.05, 3.63) is 29.6 Å². The van der Waals surface area contributed by atoms with E-state index in [1.165, 1.54) is 6.07 Å². The molecule has 0 aliphatic heterocycles. The quantitative estimate of drug-likeness (QED) is 0.836. The van der Waals surface area contributed by atoms with Crippen molar-refractivity contribution in [2.45, 2.75) is 25.3 Å². The Morgan fingerprint density at radius 3 is 2.69 bits per heavy atom. The maximum Gasteiger partial charge on any atom is 0.244 e. The van der Waals surface area contributed by atoms with Crippen LogP contribution in [0.15, 0.2) is 18.2 Å². The number of anilines is 1. The van der Waals surface area contributed by atoms with E-state index in [4.69, 9.17) is 5.73 Å². The van der Waals surface area contributed by atoms with Crippen LogP contribution >= 0.6 is 12.4 Å². The van der Waals surface area contributed by atoms with Crippen molar-refractivity contribution in [1.82, 2.24) is 0 Å². The van der Waals surface area contributed by atoms with Gasteiger partial charge in [0, 0.05) is 0 Å². The number of nitrogens with one attached hydrogen (secondary N) is 1. The summed E-state index contributed by atoms with van der Waals surface area (Å²) in [4.78, 5) is 11.6. The number of halogens is 2. The Balaban J connectivity index is 0.00000128. The Morgan fingerprint density at radius 1 is 1.50 bits per heavy atom. The molecule has 0 saturated heterocycles. The first kappa shape index (κ1) is 12.9. The van der Waals surface area contributed by atoms with Gasteiger partial charge in [-0.15, -0.1) is 12.4 Å². The fourth-order valence-electron chi connectivity index (χ4n) is 1.34. The summed E-state index contributed by atoms with van der Waals surface area (Å²) in [7, 11) is 0. The van der Waals surface area contributed by atoms with Crippen molar-refractivity contribution in [3.8, 4) is 0 Å². The molecule has 2 rings (SSSR count). The van der Waals surface area contributed by atoms with Crippen LogP contribution in [-0.4, -0.2) is 11.4 Å². The number of hydrogen-bond donors (Lipinski definition) is 2. The predicted octanol–water partition coefficient (Wildman–Crippen LogP) is 1.99. The molecule has 1 aromatic carbocycles. The molecule has 5 heteroatoms. The number of aryl methyl sites for hydroxylation is 1. The van der Waals surface area contributed by atoms with Gasteiger partial charge in [-0.3, -0.25) is 4.79 Å². The summed E-state index contributed by atoms with van der Waals surface area (Å²) in [6, 6.07) is 4.58. The highest BCUT2D eigenvalue weighted by Gasteiger charge is 2.46. The van der Waals surface area contributed by atoms with E-state index in [2.05, 4.69) is 5.32 Å². The molecule has 1 aliphatic rings. The monoisotopic (exact) mass is 244 g/mol. The molecule has 0 spiro atoms. The highest BCUT2D eigenvalue weighted by atomic mass is 35.5. The predicted molar refractivity (Wildman–Crippen MR) is 63.2 cm³/mol. The van der Waals surface area contributed by atoms with E-state index < -0.39 is 11.4 Å². The number of rotatable bonds is 2. The van der Waals surface area contributed by atoms with E-state index in [1.54, 1.807) is 12.1 Å². The molecule has 1 aliphatic carbocycles. The molecule has 0 bridgehead atoms. The Labute approximate surface area is 99.6 Å². The van der Waals surface area contributed by atoms with E-state index in [9.17, 15) is 9.18 Å². The zero-order valence-corrected chi connectivity index (χ0v) is 9.73. The standard InChI is InChI=1S/C11H13FN2O.ClH/c1-7-2-3-8(12)9(6-7)14-10(15)11(13)4-5-11;/h2-3,6H,4-5,13H2,1H3,(H,14,15);1H. The summed E-state index contributed by atoms with van der Waals surface area (Å²) < 4.78 is 13.3. The molecule has 0 radical (unpaired) electrons. The zero-order valence-electron chi connectivity index (χ0n) is 8.92. The van der Waals surface area contributed by atoms with E-state index in [0.717, 1.165) is 5.56 Å². The van der Waals surface area contributed by atoms with Gasteiger partial charge >= 0.3 is 0 Å². The Morgan fingerprint density at radius 2 is 2.12 bits per heavy atom. The molecule has 1 amide bonds. The van der Waals surface area contributed by atoms with Gasteiger partial charge in [0.05, 0.1) is 11.2 Å². The van der Waals surface area contributed by atoms with Crippen LogP contribution in [-0.2, 0) is 4.79 Å². The average Bonchev–Trinajstić information content (AvgIpc) is 2.91. The molecule has 3 N–H and O–H groups in total. The largest absolute Gasteiger partial charge is 0.322 e. The van der Waals surface area contributed by atoms with Gasteiger partial charge < -0.3 is 11.1 Å². The van der Waals surface area contributed by atoms with E-state index in [0.29, 0.717) is 12.8 Å². The van der Waals surface area contributed by atoms with Crippen LogP contribution in [0.3, 0.4) is 0 Å². The van der Waals surface area contributed by atoms with Crippen LogP contribution in [0.5, 0.6) is 0 Å². The number of carbonyl (C=O) groups is 1. The molecule has 16 heavy (non-hydrogen) atoms. The molecule has 0 heterocycles. The molecule has 1 saturated carbocycles. The molecule has 0 unspecified atom stereocenters. The fraction of sp³-hybridized carbons (Fsp3) is 0.364. The summed E-state index contributed by atoms with van der Waals surface area (Å²) in [5.74, 6) is -0.731. The van der Waals surface area contributed by atoms with Gasteiger partial charge in [0.1, 0.15) is 5.82 Å². The van der Waals surface area contributed by atoms with E-state index in [-0.39, 0.29) is 24.0 Å². The topological polar surface area (TPSA) is 55.1 Å². The Hall–Kier alpha value is -1.13. The lowest BCUT2D eigenvalue weighted by Gasteiger charge is -2.11. The van der Waals surface area contributed by atoms with Crippen molar-refractivity contribution in [2.75, 3.05) is 5.32 Å². The zero-order chi connectivity index (χ0) is 11.1. The average molecular weight is 245 g/mol. The summed E-state index contributed by atoms with van der Waals surface area (Å²) in [6.07, 6.45) is 1.35. The van der Waals surface area contributed by atoms with Crippen molar-refractivity contribution in [3.63, 3.8) is 0 Å². The third kappa shape index (κ3) is 2.51. The minimum atomic E-state index is -0.768. The normalized spacial score (nSPS) is 16.2. The van der Waals surface area contributed by atoms with Crippen LogP contribution < -0.4 is 11.1 Å². The molecule has 1 aromatic rings. The van der Waals surface area contributed by atoms with Gasteiger partial charge in [0.25, 0.3) is 0 Å². The summed E-state index contributed by atoms with van der Waals surface area (Å²) in [6.45, 7) is 1.84. The van der Waals surface area contributed by atoms with Gasteiger partial charge in [-0.05, 0) is 37.5 Å². The summed E-state index contributed by atoms with van der Waals surface area (Å²) in [5.41, 5.74) is 6.03. The molecular formula is C11H14ClFN2O. The van der Waals surface area contributed by atoms with Gasteiger partial charge in [0.15, 0.2) is 0 Å². The van der Waals surface area contributed by atoms with Gasteiger partial charge in [-0.1, -0.05) is 6.07 Å². The first-order valence-electron chi connectivity index (χ1n) is 4.88. The second-order valence-electron chi connectivity index (χ2n) is 4.09. The highest BCUT2D eigenvalue weighted by Crippen LogP contribution is 2.33. The second kappa shape index (κ2) is 4.39. The first-order chi connectivity index (χ1) is 7.01. The van der Waals surface area contributed by atoms with Gasteiger partial charge in [-0.2, -0.15) is 0 Å². The molecule has 3 nitrogen and oxygen atoms in total. The maximum absolute atomic E-state index is 13.3. The smallest absolute Gasteiger partial charge is 0.244 e. The van der Waals surface area contributed by atoms with Gasteiger partial charge in [0.2, 0.25) is 5.91 Å². The maximum atomic E-state index is 13.3. The number of carbonyl (C=O) groups excluding carboxylic acids is 1. The SMILES string of the molecule is Cc1ccc(F)c(NC(=O)C2(N)CC2)c1.Cl. The number of hydrogen-bond acceptors (Lipinski definition) is 2. The third-order valence-corrected chi connectivity index (χ3v) is 2.61. The van der Waals surface area contributed by atoms with Crippen molar-refractivity contribution in [1.29, 1.82) is 0 Å². The third-order valence-electron chi connectivity index (χ3n) is 2.61. The van der Waals surface area contributed by atoms with Crippen molar-refractivity contribution in [2.24, 2.45) is 5.73 Å². The van der Waals surface area contributed by atoms with Crippen LogP contribution in [0.25, 0.3) is 0 Å². The molecule has 0 atom stereocenters. The van der Waals surface area contributed by atoms with Crippen LogP contribution in [0.1, 0.15) is 18.4 Å². The lowest BCUT2D eigenvalue weighted by Crippen LogP contribution is -2.38. The van der Waals surface area contributed by atoms with E-state index >= 15 is 0 Å². The van der Waals surface area contributed by atoms with Crippen LogP contribution in [0, 0.1) is 12.7 Å². The molecule has 0 aromatic heterocycles. The summed E-state index contributed by atoms with van der Waals surface area (Å²) in [5, 5.41) is 2.51. The first-order valence-corrected chi connectivity index (χ1v) is 4.88.